The summed E-state index contributed by atoms with van der Waals surface area (Å²) in [6.45, 7) is 0. The molecule has 1 N–H and O–H groups in total. The number of rotatable bonds is 7. The minimum absolute atomic E-state index is 0.209. The quantitative estimate of drug-likeness (QED) is 0.663. The molecule has 3 rings (SSSR count). The lowest BCUT2D eigenvalue weighted by Gasteiger charge is -2.25. The van der Waals surface area contributed by atoms with Crippen LogP contribution >= 0.6 is 11.8 Å². The molecule has 0 aromatic heterocycles. The van der Waals surface area contributed by atoms with Crippen LogP contribution in [0.5, 0.6) is 5.75 Å². The molecule has 0 spiro atoms. The van der Waals surface area contributed by atoms with Crippen molar-refractivity contribution in [3.05, 3.63) is 59.7 Å². The van der Waals surface area contributed by atoms with E-state index in [9.17, 15) is 27.6 Å². The number of carbonyl (C=O) groups is 3. The van der Waals surface area contributed by atoms with E-state index in [1.165, 1.54) is 36.0 Å². The Labute approximate surface area is 174 Å². The Morgan fingerprint density at radius 1 is 1.07 bits per heavy atom. The van der Waals surface area contributed by atoms with E-state index in [-0.39, 0.29) is 23.2 Å². The van der Waals surface area contributed by atoms with Gasteiger partial charge < -0.3 is 10.1 Å². The smallest absolute Gasteiger partial charge is 0.406 e. The molecule has 2 aromatic carbocycles. The first-order valence-corrected chi connectivity index (χ1v) is 10.2. The SMILES string of the molecule is CSCCC(C(=O)Nc1ccc(OC(F)(F)F)cc1)N1C(=O)c2ccccc2C1=O. The molecule has 1 unspecified atom stereocenters. The summed E-state index contributed by atoms with van der Waals surface area (Å²) in [5.74, 6) is -1.62. The number of halogens is 3. The Hall–Kier alpha value is -3.01. The number of anilines is 1. The third-order valence-corrected chi connectivity index (χ3v) is 5.03. The fraction of sp³-hybridized carbons (Fsp3) is 0.250. The number of benzene rings is 2. The number of thioether (sulfide) groups is 1. The second-order valence-electron chi connectivity index (χ2n) is 6.38. The first kappa shape index (κ1) is 21.7. The molecule has 0 fully saturated rings. The Morgan fingerprint density at radius 2 is 1.63 bits per heavy atom. The van der Waals surface area contributed by atoms with E-state index in [1.807, 2.05) is 6.26 Å². The van der Waals surface area contributed by atoms with Gasteiger partial charge in [-0.2, -0.15) is 11.8 Å². The zero-order valence-electron chi connectivity index (χ0n) is 15.7. The third-order valence-electron chi connectivity index (χ3n) is 4.39. The molecule has 2 aromatic rings. The minimum atomic E-state index is -4.82. The number of alkyl halides is 3. The van der Waals surface area contributed by atoms with Crippen LogP contribution in [-0.4, -0.2) is 47.0 Å². The molecule has 1 atom stereocenters. The van der Waals surface area contributed by atoms with Gasteiger partial charge in [-0.05, 0) is 54.8 Å². The number of imide groups is 1. The predicted octanol–water partition coefficient (Wildman–Crippen LogP) is 3.94. The average Bonchev–Trinajstić information content (AvgIpc) is 2.94. The van der Waals surface area contributed by atoms with E-state index in [2.05, 4.69) is 10.1 Å². The Kier molecular flexibility index (Phi) is 6.35. The third kappa shape index (κ3) is 4.76. The largest absolute Gasteiger partial charge is 0.573 e. The maximum absolute atomic E-state index is 12.9. The zero-order chi connectivity index (χ0) is 21.9. The Morgan fingerprint density at radius 3 is 2.13 bits per heavy atom. The van der Waals surface area contributed by atoms with Crippen LogP contribution in [0, 0.1) is 0 Å². The van der Waals surface area contributed by atoms with E-state index >= 15 is 0 Å². The summed E-state index contributed by atoms with van der Waals surface area (Å²) >= 11 is 1.45. The van der Waals surface area contributed by atoms with Crippen molar-refractivity contribution in [1.29, 1.82) is 0 Å². The molecule has 1 heterocycles. The van der Waals surface area contributed by atoms with Crippen molar-refractivity contribution in [3.8, 4) is 5.75 Å². The first-order valence-electron chi connectivity index (χ1n) is 8.84. The van der Waals surface area contributed by atoms with Crippen LogP contribution in [0.4, 0.5) is 18.9 Å². The second kappa shape index (κ2) is 8.78. The minimum Gasteiger partial charge on any atom is -0.406 e. The predicted molar refractivity (Wildman–Crippen MR) is 105 cm³/mol. The maximum atomic E-state index is 12.9. The fourth-order valence-electron chi connectivity index (χ4n) is 3.06. The van der Waals surface area contributed by atoms with Crippen molar-refractivity contribution < 1.29 is 32.3 Å². The Bertz CT molecular complexity index is 928. The van der Waals surface area contributed by atoms with Gasteiger partial charge >= 0.3 is 6.36 Å². The number of hydrogen-bond acceptors (Lipinski definition) is 5. The fourth-order valence-corrected chi connectivity index (χ4v) is 3.52. The van der Waals surface area contributed by atoms with Gasteiger partial charge in [0.15, 0.2) is 0 Å². The molecule has 6 nitrogen and oxygen atoms in total. The van der Waals surface area contributed by atoms with E-state index in [0.717, 1.165) is 17.0 Å². The number of ether oxygens (including phenoxy) is 1. The van der Waals surface area contributed by atoms with Crippen molar-refractivity contribution in [2.75, 3.05) is 17.3 Å². The average molecular weight is 438 g/mol. The van der Waals surface area contributed by atoms with Crippen molar-refractivity contribution in [2.24, 2.45) is 0 Å². The van der Waals surface area contributed by atoms with E-state index < -0.39 is 35.9 Å². The van der Waals surface area contributed by atoms with Crippen molar-refractivity contribution in [1.82, 2.24) is 4.90 Å². The molecule has 1 aliphatic heterocycles. The van der Waals surface area contributed by atoms with Gasteiger partial charge in [0.25, 0.3) is 11.8 Å². The number of nitrogens with one attached hydrogen (secondary N) is 1. The number of amides is 3. The lowest BCUT2D eigenvalue weighted by Crippen LogP contribution is -2.47. The van der Waals surface area contributed by atoms with Gasteiger partial charge in [0.05, 0.1) is 11.1 Å². The summed E-state index contributed by atoms with van der Waals surface area (Å²) in [4.78, 5) is 39.3. The van der Waals surface area contributed by atoms with Gasteiger partial charge in [-0.15, -0.1) is 13.2 Å². The van der Waals surface area contributed by atoms with Gasteiger partial charge in [-0.1, -0.05) is 12.1 Å². The summed E-state index contributed by atoms with van der Waals surface area (Å²) in [6, 6.07) is 9.86. The van der Waals surface area contributed by atoms with Crippen LogP contribution in [0.15, 0.2) is 48.5 Å². The topological polar surface area (TPSA) is 75.7 Å². The summed E-state index contributed by atoms with van der Waals surface area (Å²) in [5.41, 5.74) is 0.677. The van der Waals surface area contributed by atoms with Crippen molar-refractivity contribution >= 4 is 35.2 Å². The molecule has 3 amide bonds. The molecule has 0 aliphatic carbocycles. The molecular weight excluding hydrogens is 421 g/mol. The first-order chi connectivity index (χ1) is 14.2. The van der Waals surface area contributed by atoms with Crippen molar-refractivity contribution in [3.63, 3.8) is 0 Å². The monoisotopic (exact) mass is 438 g/mol. The molecule has 10 heteroatoms. The second-order valence-corrected chi connectivity index (χ2v) is 7.37. The number of hydrogen-bond donors (Lipinski definition) is 1. The number of nitrogens with zero attached hydrogens (tertiary/aromatic N) is 1. The summed E-state index contributed by atoms with van der Waals surface area (Å²) in [7, 11) is 0. The van der Waals surface area contributed by atoms with Gasteiger partial charge in [0.2, 0.25) is 5.91 Å². The molecule has 0 saturated heterocycles. The molecular formula is C20H17F3N2O4S. The van der Waals surface area contributed by atoms with E-state index in [4.69, 9.17) is 0 Å². The summed E-state index contributed by atoms with van der Waals surface area (Å²) in [6.07, 6.45) is -2.76. The summed E-state index contributed by atoms with van der Waals surface area (Å²) in [5, 5.41) is 2.55. The normalized spacial score (nSPS) is 14.5. The highest BCUT2D eigenvalue weighted by molar-refractivity contribution is 7.98. The van der Waals surface area contributed by atoms with Gasteiger partial charge in [-0.25, -0.2) is 0 Å². The number of carbonyl (C=O) groups excluding carboxylic acids is 3. The Balaban J connectivity index is 1.78. The maximum Gasteiger partial charge on any atom is 0.573 e. The summed E-state index contributed by atoms with van der Waals surface area (Å²) < 4.78 is 40.6. The van der Waals surface area contributed by atoms with Crippen LogP contribution in [0.1, 0.15) is 27.1 Å². The number of fused-ring (bicyclic) bond motifs is 1. The van der Waals surface area contributed by atoms with Crippen LogP contribution in [-0.2, 0) is 4.79 Å². The van der Waals surface area contributed by atoms with E-state index in [0.29, 0.717) is 5.75 Å². The molecule has 0 bridgehead atoms. The van der Waals surface area contributed by atoms with Gasteiger partial charge in [0, 0.05) is 5.69 Å². The lowest BCUT2D eigenvalue weighted by atomic mass is 10.1. The standard InChI is InChI=1S/C20H17F3N2O4S/c1-30-11-10-16(25-18(27)14-4-2-3-5-15(14)19(25)28)17(26)24-12-6-8-13(9-7-12)29-20(21,22)23/h2-9,16H,10-11H2,1H3,(H,24,26). The molecule has 158 valence electrons. The molecule has 1 aliphatic rings. The lowest BCUT2D eigenvalue weighted by molar-refractivity contribution is -0.274. The van der Waals surface area contributed by atoms with Crippen LogP contribution in [0.3, 0.4) is 0 Å². The van der Waals surface area contributed by atoms with Crippen LogP contribution in [0.25, 0.3) is 0 Å². The zero-order valence-corrected chi connectivity index (χ0v) is 16.5. The molecule has 0 radical (unpaired) electrons. The highest BCUT2D eigenvalue weighted by Gasteiger charge is 2.42. The van der Waals surface area contributed by atoms with Crippen LogP contribution < -0.4 is 10.1 Å². The molecule has 30 heavy (non-hydrogen) atoms. The highest BCUT2D eigenvalue weighted by atomic mass is 32.2. The van der Waals surface area contributed by atoms with Gasteiger partial charge in [0.1, 0.15) is 11.8 Å². The van der Waals surface area contributed by atoms with Crippen LogP contribution in [0.2, 0.25) is 0 Å². The van der Waals surface area contributed by atoms with Crippen molar-refractivity contribution in [2.45, 2.75) is 18.8 Å². The highest BCUT2D eigenvalue weighted by Crippen LogP contribution is 2.28. The van der Waals surface area contributed by atoms with E-state index in [1.54, 1.807) is 12.1 Å². The van der Waals surface area contributed by atoms with Gasteiger partial charge in [-0.3, -0.25) is 19.3 Å². The molecule has 0 saturated carbocycles.